The molecule has 2 aliphatic rings. The third-order valence-electron chi connectivity index (χ3n) is 5.59. The van der Waals surface area contributed by atoms with E-state index in [1.54, 1.807) is 0 Å². The summed E-state index contributed by atoms with van der Waals surface area (Å²) in [5, 5.41) is 17.3. The van der Waals surface area contributed by atoms with Crippen molar-refractivity contribution in [2.24, 2.45) is 4.99 Å². The van der Waals surface area contributed by atoms with Crippen LogP contribution in [-0.4, -0.2) is 59.8 Å². The monoisotopic (exact) mass is 324 g/mol. The summed E-state index contributed by atoms with van der Waals surface area (Å²) in [5.74, 6) is 0.853. The Kier molecular flexibility index (Phi) is 7.15. The van der Waals surface area contributed by atoms with Gasteiger partial charge in [0.15, 0.2) is 5.96 Å². The standard InChI is InChI=1S/C18H36N4O/c1-4-18(23,5-2)14-20-17(19-6-3)21-15-11-12-22(13-15)16-9-7-8-10-16/h15-16,23H,4-14H2,1-3H3,(H2,19,20,21). The summed E-state index contributed by atoms with van der Waals surface area (Å²) in [6.07, 6.45) is 8.22. The highest BCUT2D eigenvalue weighted by Crippen LogP contribution is 2.26. The SMILES string of the molecule is CCNC(=NCC(O)(CC)CC)NC1CCN(C2CCCC2)C1. The third-order valence-corrected chi connectivity index (χ3v) is 5.59. The molecule has 2 rings (SSSR count). The van der Waals surface area contributed by atoms with Crippen LogP contribution in [0.15, 0.2) is 4.99 Å². The molecular weight excluding hydrogens is 288 g/mol. The molecule has 1 heterocycles. The number of hydrogen-bond donors (Lipinski definition) is 3. The predicted molar refractivity (Wildman–Crippen MR) is 96.9 cm³/mol. The van der Waals surface area contributed by atoms with Gasteiger partial charge >= 0.3 is 0 Å². The summed E-state index contributed by atoms with van der Waals surface area (Å²) in [7, 11) is 0. The van der Waals surface area contributed by atoms with Crippen LogP contribution in [0.2, 0.25) is 0 Å². The second-order valence-electron chi connectivity index (χ2n) is 7.19. The van der Waals surface area contributed by atoms with Gasteiger partial charge in [0.2, 0.25) is 0 Å². The number of likely N-dealkylation sites (tertiary alicyclic amines) is 1. The van der Waals surface area contributed by atoms with Crippen LogP contribution in [0.4, 0.5) is 0 Å². The summed E-state index contributed by atoms with van der Waals surface area (Å²) in [6, 6.07) is 1.29. The molecule has 1 atom stereocenters. The van der Waals surface area contributed by atoms with Gasteiger partial charge < -0.3 is 15.7 Å². The van der Waals surface area contributed by atoms with Crippen molar-refractivity contribution in [1.82, 2.24) is 15.5 Å². The highest BCUT2D eigenvalue weighted by Gasteiger charge is 2.30. The molecule has 1 saturated carbocycles. The third kappa shape index (κ3) is 5.35. The van der Waals surface area contributed by atoms with Gasteiger partial charge in [-0.05, 0) is 39.0 Å². The molecule has 0 radical (unpaired) electrons. The van der Waals surface area contributed by atoms with E-state index in [0.29, 0.717) is 12.6 Å². The molecule has 0 aromatic carbocycles. The number of guanidine groups is 1. The van der Waals surface area contributed by atoms with Gasteiger partial charge in [-0.15, -0.1) is 0 Å². The number of nitrogens with zero attached hydrogens (tertiary/aromatic N) is 2. The van der Waals surface area contributed by atoms with E-state index < -0.39 is 5.60 Å². The number of rotatable bonds is 7. The van der Waals surface area contributed by atoms with Gasteiger partial charge in [0.05, 0.1) is 12.1 Å². The number of nitrogens with one attached hydrogen (secondary N) is 2. The van der Waals surface area contributed by atoms with Crippen LogP contribution in [0, 0.1) is 0 Å². The Morgan fingerprint density at radius 2 is 1.87 bits per heavy atom. The topological polar surface area (TPSA) is 59.9 Å². The van der Waals surface area contributed by atoms with Crippen LogP contribution in [0.5, 0.6) is 0 Å². The van der Waals surface area contributed by atoms with E-state index in [-0.39, 0.29) is 0 Å². The lowest BCUT2D eigenvalue weighted by molar-refractivity contribution is 0.0417. The van der Waals surface area contributed by atoms with Gasteiger partial charge in [0, 0.05) is 31.7 Å². The molecule has 23 heavy (non-hydrogen) atoms. The van der Waals surface area contributed by atoms with Crippen molar-refractivity contribution in [2.45, 2.75) is 83.4 Å². The summed E-state index contributed by atoms with van der Waals surface area (Å²) >= 11 is 0. The number of hydrogen-bond acceptors (Lipinski definition) is 3. The zero-order valence-electron chi connectivity index (χ0n) is 15.3. The Hall–Kier alpha value is -0.810. The van der Waals surface area contributed by atoms with Crippen molar-refractivity contribution in [3.8, 4) is 0 Å². The van der Waals surface area contributed by atoms with E-state index in [4.69, 9.17) is 0 Å². The number of aliphatic imine (C=N–C) groups is 1. The maximum absolute atomic E-state index is 10.4. The molecule has 0 aromatic rings. The molecule has 1 unspecified atom stereocenters. The number of aliphatic hydroxyl groups is 1. The van der Waals surface area contributed by atoms with Crippen molar-refractivity contribution in [1.29, 1.82) is 0 Å². The molecule has 0 spiro atoms. The maximum Gasteiger partial charge on any atom is 0.191 e. The summed E-state index contributed by atoms with van der Waals surface area (Å²) in [6.45, 7) is 9.78. The second-order valence-corrected chi connectivity index (χ2v) is 7.19. The first-order chi connectivity index (χ1) is 11.1. The van der Waals surface area contributed by atoms with E-state index in [1.807, 2.05) is 13.8 Å². The highest BCUT2D eigenvalue weighted by atomic mass is 16.3. The fourth-order valence-electron chi connectivity index (χ4n) is 3.72. The lowest BCUT2D eigenvalue weighted by Gasteiger charge is -2.25. The van der Waals surface area contributed by atoms with Crippen molar-refractivity contribution in [2.75, 3.05) is 26.2 Å². The Labute approximate surface area is 141 Å². The summed E-state index contributed by atoms with van der Waals surface area (Å²) in [5.41, 5.74) is -0.673. The molecule has 0 bridgehead atoms. The maximum atomic E-state index is 10.4. The second kappa shape index (κ2) is 8.88. The zero-order valence-corrected chi connectivity index (χ0v) is 15.3. The molecule has 5 heteroatoms. The molecule has 1 saturated heterocycles. The largest absolute Gasteiger partial charge is 0.388 e. The predicted octanol–water partition coefficient (Wildman–Crippen LogP) is 2.11. The smallest absolute Gasteiger partial charge is 0.191 e. The molecule has 2 fully saturated rings. The van der Waals surface area contributed by atoms with Crippen LogP contribution in [0.1, 0.15) is 65.7 Å². The van der Waals surface area contributed by atoms with Gasteiger partial charge in [0.25, 0.3) is 0 Å². The van der Waals surface area contributed by atoms with Crippen molar-refractivity contribution in [3.63, 3.8) is 0 Å². The Balaban J connectivity index is 1.86. The van der Waals surface area contributed by atoms with Crippen LogP contribution in [0.3, 0.4) is 0 Å². The molecule has 1 aliphatic carbocycles. The first-order valence-electron chi connectivity index (χ1n) is 9.61. The summed E-state index contributed by atoms with van der Waals surface area (Å²) in [4.78, 5) is 7.29. The molecule has 134 valence electrons. The molecule has 1 aliphatic heterocycles. The first-order valence-corrected chi connectivity index (χ1v) is 9.61. The quantitative estimate of drug-likeness (QED) is 0.496. The average Bonchev–Trinajstić information content (AvgIpc) is 3.23. The normalized spacial score (nSPS) is 24.3. The van der Waals surface area contributed by atoms with E-state index in [0.717, 1.165) is 37.9 Å². The van der Waals surface area contributed by atoms with Crippen molar-refractivity contribution < 1.29 is 5.11 Å². The lowest BCUT2D eigenvalue weighted by Crippen LogP contribution is -2.46. The van der Waals surface area contributed by atoms with E-state index in [9.17, 15) is 5.11 Å². The van der Waals surface area contributed by atoms with Gasteiger partial charge in [-0.2, -0.15) is 0 Å². The van der Waals surface area contributed by atoms with E-state index in [2.05, 4.69) is 27.4 Å². The van der Waals surface area contributed by atoms with Gasteiger partial charge in [0.1, 0.15) is 0 Å². The minimum Gasteiger partial charge on any atom is -0.388 e. The summed E-state index contributed by atoms with van der Waals surface area (Å²) < 4.78 is 0. The molecule has 0 amide bonds. The zero-order chi connectivity index (χ0) is 16.7. The van der Waals surface area contributed by atoms with Gasteiger partial charge in [-0.1, -0.05) is 26.7 Å². The Morgan fingerprint density at radius 1 is 1.17 bits per heavy atom. The highest BCUT2D eigenvalue weighted by molar-refractivity contribution is 5.80. The molecule has 3 N–H and O–H groups in total. The van der Waals surface area contributed by atoms with Crippen LogP contribution in [-0.2, 0) is 0 Å². The lowest BCUT2D eigenvalue weighted by atomic mass is 9.98. The fraction of sp³-hybridized carbons (Fsp3) is 0.944. The Bertz CT molecular complexity index is 375. The first kappa shape index (κ1) is 18.5. The van der Waals surface area contributed by atoms with Crippen LogP contribution >= 0.6 is 0 Å². The van der Waals surface area contributed by atoms with Crippen molar-refractivity contribution >= 4 is 5.96 Å². The van der Waals surface area contributed by atoms with Crippen LogP contribution < -0.4 is 10.6 Å². The molecule has 5 nitrogen and oxygen atoms in total. The van der Waals surface area contributed by atoms with E-state index >= 15 is 0 Å². The van der Waals surface area contributed by atoms with Gasteiger partial charge in [-0.25, -0.2) is 0 Å². The molecular formula is C18H36N4O. The van der Waals surface area contributed by atoms with Gasteiger partial charge in [-0.3, -0.25) is 9.89 Å². The van der Waals surface area contributed by atoms with Crippen molar-refractivity contribution in [3.05, 3.63) is 0 Å². The average molecular weight is 325 g/mol. The molecule has 0 aromatic heterocycles. The minimum atomic E-state index is -0.673. The Morgan fingerprint density at radius 3 is 2.48 bits per heavy atom. The van der Waals surface area contributed by atoms with E-state index in [1.165, 1.54) is 38.6 Å². The van der Waals surface area contributed by atoms with Crippen LogP contribution in [0.25, 0.3) is 0 Å². The fourth-order valence-corrected chi connectivity index (χ4v) is 3.72. The minimum absolute atomic E-state index is 0.467.